The molecule has 0 bridgehead atoms. The normalized spacial score (nSPS) is 9.38. The smallest absolute Gasteiger partial charge is 0.433 e. The number of carbonyl (C=O) groups is 1. The Kier molecular flexibility index (Phi) is 3.22. The Bertz CT molecular complexity index is 276. The molecule has 0 spiro atoms. The maximum Gasteiger partial charge on any atom is 0.433 e. The van der Waals surface area contributed by atoms with Crippen molar-refractivity contribution in [1.82, 2.24) is 10.0 Å². The number of hydrogen-bond acceptors (Lipinski definition) is 4. The van der Waals surface area contributed by atoms with Crippen LogP contribution in [0.5, 0.6) is 0 Å². The average molecular weight is 182 g/mol. The molecule has 1 aromatic rings. The Morgan fingerprint density at radius 1 is 1.69 bits per heavy atom. The van der Waals surface area contributed by atoms with Gasteiger partial charge in [0.15, 0.2) is 0 Å². The SMILES string of the molecule is COC(=O)N(O)Cc1ccccn1. The first-order valence-electron chi connectivity index (χ1n) is 3.68. The molecule has 1 rings (SSSR count). The van der Waals surface area contributed by atoms with Crippen LogP contribution in [0.1, 0.15) is 5.69 Å². The minimum atomic E-state index is -0.800. The number of rotatable bonds is 2. The van der Waals surface area contributed by atoms with Crippen LogP contribution in [0, 0.1) is 0 Å². The fourth-order valence-electron chi connectivity index (χ4n) is 0.815. The quantitative estimate of drug-likeness (QED) is 0.548. The number of aromatic nitrogens is 1. The summed E-state index contributed by atoms with van der Waals surface area (Å²) >= 11 is 0. The predicted octanol–water partition coefficient (Wildman–Crippen LogP) is 1.04. The lowest BCUT2D eigenvalue weighted by molar-refractivity contribution is -0.0769. The van der Waals surface area contributed by atoms with Crippen LogP contribution in [0.4, 0.5) is 4.79 Å². The van der Waals surface area contributed by atoms with Gasteiger partial charge in [0.05, 0.1) is 19.3 Å². The molecule has 0 aliphatic heterocycles. The van der Waals surface area contributed by atoms with Crippen molar-refractivity contribution in [2.45, 2.75) is 6.54 Å². The molecule has 1 N–H and O–H groups in total. The minimum Gasteiger partial charge on any atom is -0.451 e. The van der Waals surface area contributed by atoms with Crippen LogP contribution < -0.4 is 0 Å². The Morgan fingerprint density at radius 3 is 3.00 bits per heavy atom. The van der Waals surface area contributed by atoms with Crippen molar-refractivity contribution in [1.29, 1.82) is 0 Å². The molecule has 0 fully saturated rings. The van der Waals surface area contributed by atoms with E-state index in [0.29, 0.717) is 10.8 Å². The van der Waals surface area contributed by atoms with Crippen LogP contribution >= 0.6 is 0 Å². The molecule has 0 saturated heterocycles. The highest BCUT2D eigenvalue weighted by Gasteiger charge is 2.10. The van der Waals surface area contributed by atoms with Gasteiger partial charge in [0.25, 0.3) is 0 Å². The topological polar surface area (TPSA) is 62.7 Å². The number of ether oxygens (including phenoxy) is 1. The van der Waals surface area contributed by atoms with Crippen LogP contribution in [0.3, 0.4) is 0 Å². The fourth-order valence-corrected chi connectivity index (χ4v) is 0.815. The third kappa shape index (κ3) is 2.72. The summed E-state index contributed by atoms with van der Waals surface area (Å²) in [4.78, 5) is 14.7. The third-order valence-corrected chi connectivity index (χ3v) is 1.42. The summed E-state index contributed by atoms with van der Waals surface area (Å²) in [6, 6.07) is 5.23. The van der Waals surface area contributed by atoms with Crippen LogP contribution in [-0.2, 0) is 11.3 Å². The summed E-state index contributed by atoms with van der Waals surface area (Å²) in [6.45, 7) is 0.0213. The van der Waals surface area contributed by atoms with E-state index >= 15 is 0 Å². The van der Waals surface area contributed by atoms with Gasteiger partial charge >= 0.3 is 6.09 Å². The fraction of sp³-hybridized carbons (Fsp3) is 0.250. The first-order valence-corrected chi connectivity index (χ1v) is 3.68. The van der Waals surface area contributed by atoms with Crippen LogP contribution in [-0.4, -0.2) is 28.5 Å². The molecular formula is C8H10N2O3. The van der Waals surface area contributed by atoms with E-state index in [2.05, 4.69) is 9.72 Å². The molecule has 0 radical (unpaired) electrons. The number of pyridine rings is 1. The van der Waals surface area contributed by atoms with Crippen LogP contribution in [0.15, 0.2) is 24.4 Å². The zero-order valence-corrected chi connectivity index (χ0v) is 7.17. The van der Waals surface area contributed by atoms with Crippen molar-refractivity contribution >= 4 is 6.09 Å². The summed E-state index contributed by atoms with van der Waals surface area (Å²) in [6.07, 6.45) is 0.783. The second-order valence-electron chi connectivity index (χ2n) is 2.35. The second-order valence-corrected chi connectivity index (χ2v) is 2.35. The zero-order chi connectivity index (χ0) is 9.68. The largest absolute Gasteiger partial charge is 0.451 e. The van der Waals surface area contributed by atoms with E-state index in [1.165, 1.54) is 7.11 Å². The van der Waals surface area contributed by atoms with Gasteiger partial charge in [0, 0.05) is 6.20 Å². The van der Waals surface area contributed by atoms with Gasteiger partial charge in [-0.05, 0) is 12.1 Å². The van der Waals surface area contributed by atoms with E-state index in [1.807, 2.05) is 0 Å². The van der Waals surface area contributed by atoms with Crippen molar-refractivity contribution < 1.29 is 14.7 Å². The molecule has 0 aromatic carbocycles. The van der Waals surface area contributed by atoms with E-state index in [-0.39, 0.29) is 6.54 Å². The number of hydroxylamine groups is 2. The van der Waals surface area contributed by atoms with Gasteiger partial charge < -0.3 is 4.74 Å². The molecule has 0 saturated carbocycles. The van der Waals surface area contributed by atoms with Crippen LogP contribution in [0.2, 0.25) is 0 Å². The van der Waals surface area contributed by atoms with Gasteiger partial charge in [-0.25, -0.2) is 4.79 Å². The van der Waals surface area contributed by atoms with Crippen molar-refractivity contribution in [2.75, 3.05) is 7.11 Å². The lowest BCUT2D eigenvalue weighted by Gasteiger charge is -2.11. The Hall–Kier alpha value is -1.62. The Labute approximate surface area is 75.5 Å². The van der Waals surface area contributed by atoms with Gasteiger partial charge in [-0.3, -0.25) is 10.2 Å². The number of amides is 1. The number of carbonyl (C=O) groups excluding carboxylic acids is 1. The molecule has 1 amide bonds. The van der Waals surface area contributed by atoms with Crippen molar-refractivity contribution in [3.8, 4) is 0 Å². The molecule has 1 heterocycles. The van der Waals surface area contributed by atoms with Crippen molar-refractivity contribution in [2.24, 2.45) is 0 Å². The van der Waals surface area contributed by atoms with E-state index in [4.69, 9.17) is 5.21 Å². The van der Waals surface area contributed by atoms with Gasteiger partial charge in [-0.2, -0.15) is 5.06 Å². The molecule has 70 valence electrons. The zero-order valence-electron chi connectivity index (χ0n) is 7.17. The lowest BCUT2D eigenvalue weighted by Crippen LogP contribution is -2.26. The number of nitrogens with zero attached hydrogens (tertiary/aromatic N) is 2. The van der Waals surface area contributed by atoms with Crippen molar-refractivity contribution in [3.63, 3.8) is 0 Å². The van der Waals surface area contributed by atoms with Gasteiger partial charge in [-0.1, -0.05) is 6.07 Å². The summed E-state index contributed by atoms with van der Waals surface area (Å²) < 4.78 is 4.29. The van der Waals surface area contributed by atoms with E-state index in [1.54, 1.807) is 24.4 Å². The molecule has 13 heavy (non-hydrogen) atoms. The molecular weight excluding hydrogens is 172 g/mol. The molecule has 0 aliphatic carbocycles. The summed E-state index contributed by atoms with van der Waals surface area (Å²) in [5.74, 6) is 0. The van der Waals surface area contributed by atoms with Gasteiger partial charge in [0.1, 0.15) is 0 Å². The molecule has 5 heteroatoms. The summed E-state index contributed by atoms with van der Waals surface area (Å²) in [7, 11) is 1.20. The minimum absolute atomic E-state index is 0.0213. The lowest BCUT2D eigenvalue weighted by atomic mass is 10.3. The average Bonchev–Trinajstić information content (AvgIpc) is 2.18. The van der Waals surface area contributed by atoms with Crippen molar-refractivity contribution in [3.05, 3.63) is 30.1 Å². The highest BCUT2D eigenvalue weighted by Crippen LogP contribution is 1.99. The Balaban J connectivity index is 2.55. The maximum absolute atomic E-state index is 10.7. The number of hydrogen-bond donors (Lipinski definition) is 1. The van der Waals surface area contributed by atoms with Gasteiger partial charge in [-0.15, -0.1) is 0 Å². The highest BCUT2D eigenvalue weighted by molar-refractivity contribution is 5.65. The standard InChI is InChI=1S/C8H10N2O3/c1-13-8(11)10(12)6-7-4-2-3-5-9-7/h2-5,12H,6H2,1H3. The summed E-state index contributed by atoms with van der Waals surface area (Å²) in [5, 5.41) is 9.55. The molecule has 1 aromatic heterocycles. The van der Waals surface area contributed by atoms with E-state index in [9.17, 15) is 4.79 Å². The Morgan fingerprint density at radius 2 is 2.46 bits per heavy atom. The summed E-state index contributed by atoms with van der Waals surface area (Å²) in [5.41, 5.74) is 0.593. The first-order chi connectivity index (χ1) is 6.24. The monoisotopic (exact) mass is 182 g/mol. The molecule has 0 aliphatic rings. The number of methoxy groups -OCH3 is 1. The highest BCUT2D eigenvalue weighted by atomic mass is 16.6. The first kappa shape index (κ1) is 9.47. The van der Waals surface area contributed by atoms with E-state index < -0.39 is 6.09 Å². The van der Waals surface area contributed by atoms with E-state index in [0.717, 1.165) is 0 Å². The molecule has 0 unspecified atom stereocenters. The second kappa shape index (κ2) is 4.42. The predicted molar refractivity (Wildman–Crippen MR) is 44.0 cm³/mol. The van der Waals surface area contributed by atoms with Gasteiger partial charge in [0.2, 0.25) is 0 Å². The molecule has 5 nitrogen and oxygen atoms in total. The third-order valence-electron chi connectivity index (χ3n) is 1.42. The molecule has 0 atom stereocenters. The van der Waals surface area contributed by atoms with Crippen LogP contribution in [0.25, 0.3) is 0 Å². The maximum atomic E-state index is 10.7.